The number of thioether (sulfide) groups is 2. The number of benzene rings is 5. The first kappa shape index (κ1) is 90.4. The Bertz CT molecular complexity index is 5420. The molecular formula is C89H100N16O18S2. The Balaban J connectivity index is 0.590. The SMILES string of the molecule is COc1ccc(C#CCNC2(C)CCN(C3CCN(c4nc([C@@](COCNC(=O)CNC(=O)[C@H](CC(N)=O)NC(C)=O)(OC5CC5)c5ccccc5)c5cc(-c6cn(C)c(=O)c7[nH]ccc67)ccc5n4)CC3)CC2)cc1N1CCC(=O)N(CNC(=O)[C@H](CC(=O)O)NC(=O)CCOCCOCCN2C(=O)C(Sc3ccccc3)=C(Sc3ccccc3)C2=O)C1=O. The number of urea groups is 1. The number of fused-ring (bicyclic) bond motifs is 2. The number of likely N-dealkylation sites (tertiary alicyclic amines) is 1. The molecule has 3 aromatic heterocycles. The molecule has 7 heterocycles. The third-order valence-electron chi connectivity index (χ3n) is 22.1. The van der Waals surface area contributed by atoms with Crippen molar-refractivity contribution in [2.24, 2.45) is 12.8 Å². The van der Waals surface area contributed by atoms with Crippen molar-refractivity contribution >= 4 is 122 Å². The molecule has 5 aromatic carbocycles. The van der Waals surface area contributed by atoms with Gasteiger partial charge in [-0.25, -0.2) is 19.7 Å². The van der Waals surface area contributed by atoms with Gasteiger partial charge in [0.15, 0.2) is 5.60 Å². The molecule has 11 amide bonds. The van der Waals surface area contributed by atoms with Crippen molar-refractivity contribution in [1.82, 2.24) is 66.1 Å². The average molecular weight is 1750 g/mol. The molecule has 0 spiro atoms. The molecular weight excluding hydrogens is 1650 g/mol. The van der Waals surface area contributed by atoms with E-state index in [4.69, 9.17) is 39.4 Å². The summed E-state index contributed by atoms with van der Waals surface area (Å²) in [6, 6.07) is 37.8. The number of anilines is 2. The lowest BCUT2D eigenvalue weighted by Gasteiger charge is -2.45. The van der Waals surface area contributed by atoms with Crippen molar-refractivity contribution in [3.63, 3.8) is 0 Å². The highest BCUT2D eigenvalue weighted by Gasteiger charge is 2.46. The van der Waals surface area contributed by atoms with Crippen molar-refractivity contribution in [1.29, 1.82) is 0 Å². The van der Waals surface area contributed by atoms with Gasteiger partial charge < -0.3 is 85.8 Å². The zero-order valence-electron chi connectivity index (χ0n) is 69.7. The van der Waals surface area contributed by atoms with Crippen LogP contribution in [0.1, 0.15) is 94.9 Å². The fourth-order valence-corrected chi connectivity index (χ4v) is 17.4. The van der Waals surface area contributed by atoms with Gasteiger partial charge in [-0.05, 0) is 117 Å². The van der Waals surface area contributed by atoms with Crippen molar-refractivity contribution in [2.45, 2.75) is 123 Å². The molecule has 656 valence electrons. The first-order chi connectivity index (χ1) is 60.3. The van der Waals surface area contributed by atoms with Crippen LogP contribution in [0.2, 0.25) is 0 Å². The number of aromatic amines is 1. The highest BCUT2D eigenvalue weighted by atomic mass is 32.2. The van der Waals surface area contributed by atoms with Gasteiger partial charge >= 0.3 is 12.0 Å². The molecule has 8 aromatic rings. The third-order valence-corrected chi connectivity index (χ3v) is 24.5. The van der Waals surface area contributed by atoms with Crippen LogP contribution in [0.25, 0.3) is 32.9 Å². The number of nitrogens with two attached hydrogens (primary N) is 1. The van der Waals surface area contributed by atoms with Gasteiger partial charge in [0.1, 0.15) is 36.7 Å². The van der Waals surface area contributed by atoms with Gasteiger partial charge in [0, 0.05) is 115 Å². The van der Waals surface area contributed by atoms with Gasteiger partial charge in [-0.3, -0.25) is 62.5 Å². The number of nitrogens with zero attached hydrogens (tertiary/aromatic N) is 8. The second-order valence-electron chi connectivity index (χ2n) is 31.1. The van der Waals surface area contributed by atoms with Crippen molar-refractivity contribution < 1.29 is 81.5 Å². The van der Waals surface area contributed by atoms with Crippen LogP contribution >= 0.6 is 23.5 Å². The van der Waals surface area contributed by atoms with Gasteiger partial charge in [-0.15, -0.1) is 0 Å². The molecule has 4 aliphatic heterocycles. The number of carboxylic acids is 1. The van der Waals surface area contributed by atoms with E-state index in [0.717, 1.165) is 93.3 Å². The van der Waals surface area contributed by atoms with Crippen LogP contribution in [0.5, 0.6) is 5.75 Å². The summed E-state index contributed by atoms with van der Waals surface area (Å²) < 4.78 is 32.2. The number of carbonyl (C=O) groups is 11. The number of piperidine rings is 2. The highest BCUT2D eigenvalue weighted by Crippen LogP contribution is 2.46. The largest absolute Gasteiger partial charge is 0.495 e. The molecule has 34 nitrogen and oxygen atoms in total. The number of methoxy groups -OCH3 is 1. The number of H-pyrrole nitrogens is 1. The van der Waals surface area contributed by atoms with Gasteiger partial charge in [0.25, 0.3) is 17.4 Å². The van der Waals surface area contributed by atoms with E-state index in [1.165, 1.54) is 42.5 Å². The number of aromatic nitrogens is 4. The summed E-state index contributed by atoms with van der Waals surface area (Å²) in [5, 5.41) is 27.2. The molecule has 1 aliphatic carbocycles. The predicted molar refractivity (Wildman–Crippen MR) is 465 cm³/mol. The molecule has 0 unspecified atom stereocenters. The minimum absolute atomic E-state index is 0.0122. The Morgan fingerprint density at radius 2 is 1.38 bits per heavy atom. The maximum atomic E-state index is 14.2. The first-order valence-corrected chi connectivity index (χ1v) is 42.9. The lowest BCUT2D eigenvalue weighted by Crippen LogP contribution is -2.57. The normalized spacial score (nSPS) is 16.6. The summed E-state index contributed by atoms with van der Waals surface area (Å²) in [6.45, 7) is 5.04. The number of hydrogen-bond donors (Lipinski definition) is 9. The Morgan fingerprint density at radius 1 is 0.712 bits per heavy atom. The zero-order valence-corrected chi connectivity index (χ0v) is 71.3. The van der Waals surface area contributed by atoms with Crippen LogP contribution in [-0.2, 0) is 79.5 Å². The van der Waals surface area contributed by atoms with Crippen LogP contribution < -0.4 is 57.7 Å². The van der Waals surface area contributed by atoms with E-state index in [-0.39, 0.29) is 88.9 Å². The number of pyridine rings is 1. The Morgan fingerprint density at radius 3 is 2.03 bits per heavy atom. The van der Waals surface area contributed by atoms with Crippen LogP contribution in [0.15, 0.2) is 170 Å². The lowest BCUT2D eigenvalue weighted by molar-refractivity contribution is -0.141. The number of amides is 11. The van der Waals surface area contributed by atoms with E-state index in [0.29, 0.717) is 74.5 Å². The Labute approximate surface area is 729 Å². The second kappa shape index (κ2) is 41.9. The molecule has 1 saturated carbocycles. The highest BCUT2D eigenvalue weighted by molar-refractivity contribution is 8.08. The van der Waals surface area contributed by atoms with Crippen molar-refractivity contribution in [2.75, 3.05) is 116 Å². The summed E-state index contributed by atoms with van der Waals surface area (Å²) in [5.41, 5.74) is 8.37. The molecule has 13 rings (SSSR count). The minimum Gasteiger partial charge on any atom is -0.495 e. The third kappa shape index (κ3) is 23.0. The minimum atomic E-state index is -1.59. The molecule has 5 aliphatic rings. The monoisotopic (exact) mass is 1740 g/mol. The summed E-state index contributed by atoms with van der Waals surface area (Å²) in [7, 11) is 3.15. The molecule has 10 N–H and O–H groups in total. The van der Waals surface area contributed by atoms with E-state index >= 15 is 0 Å². The van der Waals surface area contributed by atoms with Gasteiger partial charge in [-0.1, -0.05) is 108 Å². The van der Waals surface area contributed by atoms with E-state index < -0.39 is 109 Å². The van der Waals surface area contributed by atoms with Gasteiger partial charge in [0.05, 0.1) is 105 Å². The number of carboxylic acid groups (broad SMARTS) is 1. The number of imide groups is 2. The molecule has 0 bridgehead atoms. The van der Waals surface area contributed by atoms with Crippen molar-refractivity contribution in [3.05, 3.63) is 183 Å². The van der Waals surface area contributed by atoms with Crippen molar-refractivity contribution in [3.8, 4) is 28.7 Å². The van der Waals surface area contributed by atoms with E-state index in [1.54, 1.807) is 36.0 Å². The predicted octanol–water partition coefficient (Wildman–Crippen LogP) is 5.74. The van der Waals surface area contributed by atoms with Crippen LogP contribution in [0.3, 0.4) is 0 Å². The molecule has 3 saturated heterocycles. The maximum absolute atomic E-state index is 14.2. The number of primary amides is 1. The van der Waals surface area contributed by atoms with Crippen LogP contribution in [-0.4, -0.2) is 240 Å². The van der Waals surface area contributed by atoms with Gasteiger partial charge in [0.2, 0.25) is 47.3 Å². The summed E-state index contributed by atoms with van der Waals surface area (Å²) >= 11 is 2.45. The molecule has 125 heavy (non-hydrogen) atoms. The molecule has 4 fully saturated rings. The number of carbonyl (C=O) groups excluding carboxylic acids is 10. The second-order valence-corrected chi connectivity index (χ2v) is 33.2. The zero-order chi connectivity index (χ0) is 88.3. The Kier molecular flexibility index (Phi) is 30.3. The summed E-state index contributed by atoms with van der Waals surface area (Å²) in [4.78, 5) is 181. The van der Waals surface area contributed by atoms with E-state index in [1.807, 2.05) is 121 Å². The molecule has 3 atom stereocenters. The van der Waals surface area contributed by atoms with E-state index in [2.05, 4.69) is 65.4 Å². The van der Waals surface area contributed by atoms with Crippen LogP contribution in [0.4, 0.5) is 16.4 Å². The number of rotatable bonds is 40. The topological polar surface area (TPSA) is 432 Å². The average Bonchev–Trinajstić information content (AvgIpc) is 1.73. The quantitative estimate of drug-likeness (QED) is 0.00956. The number of aryl methyl sites for hydroxylation is 1. The number of ether oxygens (including phenoxy) is 5. The van der Waals surface area contributed by atoms with Gasteiger partial charge in [-0.2, -0.15) is 0 Å². The van der Waals surface area contributed by atoms with Crippen LogP contribution in [0, 0.1) is 11.8 Å². The fraction of sp³-hybridized carbons (Fsp3) is 0.393. The summed E-state index contributed by atoms with van der Waals surface area (Å²) in [5.74, 6) is 0.000987. The molecule has 36 heteroatoms. The first-order valence-electron chi connectivity index (χ1n) is 41.3. The number of nitrogens with one attached hydrogen (secondary N) is 7. The molecule has 0 radical (unpaired) electrons. The maximum Gasteiger partial charge on any atom is 0.332 e. The number of aliphatic carboxylic acids is 1. The number of hydrogen-bond acceptors (Lipinski definition) is 24. The standard InChI is InChI=1S/C89H100N16O18S2/c1-56(106)96-68(49-72(90)107)81(113)92-51-74(109)94-55-122-53-89(123-61-24-25-61,59-16-8-5-9-17-59)80-65-48-58(66-52-100(3)83(115)77-64(66)28-36-91-77)23-26-67(65)98-86(99-80)102-37-29-60(30-38-102)101-40-33-88(2,34-41-101)95-35-14-15-57-22-27-71(119-4)70(47-57)103-39-31-75(110)105(87(103)118)54-93-82(114)69(50-76(111)112)97-73(108)32-43-120-45-46-121-44-42-104-84(116)78(124-62-18-10-6-11-19-62)79(85(104)117)125-63-20-12-7-13-21-63/h5-13,16-23,26-28,36,47-48,52,60-61,68-69,91,95H,24-25,29-35,37-46,49-51,53-55H2,1-4H3,(H2,90,107)(H,92,113)(H,93,114)(H,94,109)(H,96,106)(H,97,108)(H,111,112)/t68-,69-,89-/m0/s1. The van der Waals surface area contributed by atoms with E-state index in [9.17, 15) is 62.6 Å². The smallest absolute Gasteiger partial charge is 0.332 e. The summed E-state index contributed by atoms with van der Waals surface area (Å²) in [6.07, 6.45) is 6.61. The Hall–Kier alpha value is -12.3. The fourth-order valence-electron chi connectivity index (χ4n) is 15.3. The lowest BCUT2D eigenvalue weighted by atomic mass is 9.87.